The SMILES string of the molecule is c1ccc(-c2cccc(-c3nc(-c4cccc(-c5ccccc5)c4)nc(-n4c5ccccc5c5c6c7ccccc7n(-c7ccc8c9ccccc9c9ccccc9c8c7)c6ccc54)n3)c2)cc1. The molecule has 0 atom stereocenters. The molecule has 0 aliphatic heterocycles. The lowest BCUT2D eigenvalue weighted by Gasteiger charge is -2.14. The minimum Gasteiger partial charge on any atom is -0.309 e. The van der Waals surface area contributed by atoms with E-state index in [4.69, 9.17) is 15.0 Å². The Bertz CT molecular complexity index is 4180. The Morgan fingerprint density at radius 1 is 0.235 bits per heavy atom. The van der Waals surface area contributed by atoms with Gasteiger partial charge in [0.2, 0.25) is 5.95 Å². The lowest BCUT2D eigenvalue weighted by molar-refractivity contribution is 0.953. The van der Waals surface area contributed by atoms with E-state index in [1.807, 2.05) is 12.1 Å². The van der Waals surface area contributed by atoms with Gasteiger partial charge >= 0.3 is 0 Å². The Morgan fingerprint density at radius 3 is 1.16 bits per heavy atom. The number of hydrogen-bond acceptors (Lipinski definition) is 3. The van der Waals surface area contributed by atoms with Crippen LogP contribution in [0.4, 0.5) is 0 Å². The highest BCUT2D eigenvalue weighted by Crippen LogP contribution is 2.44. The van der Waals surface area contributed by atoms with E-state index in [2.05, 4.69) is 234 Å². The summed E-state index contributed by atoms with van der Waals surface area (Å²) in [6, 6.07) is 84.5. The molecule has 3 heterocycles. The molecular weight excluding hydrogens is 827 g/mol. The number of fused-ring (bicyclic) bond motifs is 13. The van der Waals surface area contributed by atoms with Gasteiger partial charge in [-0.15, -0.1) is 0 Å². The summed E-state index contributed by atoms with van der Waals surface area (Å²) in [5, 5.41) is 12.2. The molecule has 3 aromatic heterocycles. The molecule has 11 aromatic carbocycles. The van der Waals surface area contributed by atoms with Gasteiger partial charge < -0.3 is 4.57 Å². The molecule has 5 nitrogen and oxygen atoms in total. The Morgan fingerprint density at radius 2 is 0.632 bits per heavy atom. The topological polar surface area (TPSA) is 48.5 Å². The van der Waals surface area contributed by atoms with Gasteiger partial charge in [-0.3, -0.25) is 4.57 Å². The lowest BCUT2D eigenvalue weighted by Crippen LogP contribution is -2.06. The highest BCUT2D eigenvalue weighted by molar-refractivity contribution is 6.29. The highest BCUT2D eigenvalue weighted by Gasteiger charge is 2.23. The van der Waals surface area contributed by atoms with Crippen LogP contribution in [0.1, 0.15) is 0 Å². The number of rotatable bonds is 6. The minimum atomic E-state index is 0.558. The number of para-hydroxylation sites is 2. The van der Waals surface area contributed by atoms with Crippen LogP contribution in [-0.4, -0.2) is 24.1 Å². The van der Waals surface area contributed by atoms with Gasteiger partial charge in [0, 0.05) is 38.4 Å². The molecule has 0 fully saturated rings. The van der Waals surface area contributed by atoms with Crippen molar-refractivity contribution in [3.05, 3.63) is 237 Å². The Balaban J connectivity index is 1.02. The number of nitrogens with zero attached hydrogens (tertiary/aromatic N) is 5. The average Bonchev–Trinajstić information content (AvgIpc) is 3.94. The zero-order chi connectivity index (χ0) is 44.7. The summed E-state index contributed by atoms with van der Waals surface area (Å²) >= 11 is 0. The van der Waals surface area contributed by atoms with Gasteiger partial charge in [-0.2, -0.15) is 9.97 Å². The predicted molar refractivity (Wildman–Crippen MR) is 283 cm³/mol. The van der Waals surface area contributed by atoms with E-state index in [1.165, 1.54) is 43.1 Å². The molecule has 0 radical (unpaired) electrons. The second-order valence-electron chi connectivity index (χ2n) is 17.6. The van der Waals surface area contributed by atoms with E-state index in [0.717, 1.165) is 71.9 Å². The lowest BCUT2D eigenvalue weighted by atomic mass is 9.94. The van der Waals surface area contributed by atoms with Crippen LogP contribution in [0, 0.1) is 0 Å². The average molecular weight is 866 g/mol. The van der Waals surface area contributed by atoms with Crippen LogP contribution >= 0.6 is 0 Å². The van der Waals surface area contributed by atoms with E-state index in [1.54, 1.807) is 0 Å². The molecule has 0 amide bonds. The summed E-state index contributed by atoms with van der Waals surface area (Å²) in [5.41, 5.74) is 11.8. The summed E-state index contributed by atoms with van der Waals surface area (Å²) in [5.74, 6) is 1.77. The van der Waals surface area contributed by atoms with Gasteiger partial charge in [0.15, 0.2) is 11.6 Å². The van der Waals surface area contributed by atoms with Crippen molar-refractivity contribution in [2.45, 2.75) is 0 Å². The van der Waals surface area contributed by atoms with Crippen molar-refractivity contribution in [1.29, 1.82) is 0 Å². The first kappa shape index (κ1) is 38.1. The van der Waals surface area contributed by atoms with Crippen LogP contribution in [-0.2, 0) is 0 Å². The first-order valence-electron chi connectivity index (χ1n) is 23.1. The van der Waals surface area contributed by atoms with Gasteiger partial charge in [-0.05, 0) is 103 Å². The fraction of sp³-hybridized carbons (Fsp3) is 0. The van der Waals surface area contributed by atoms with Gasteiger partial charge in [0.05, 0.1) is 22.1 Å². The van der Waals surface area contributed by atoms with E-state index >= 15 is 0 Å². The molecule has 0 saturated carbocycles. The molecule has 0 spiro atoms. The van der Waals surface area contributed by atoms with Crippen LogP contribution in [0.15, 0.2) is 237 Å². The fourth-order valence-electron chi connectivity index (χ4n) is 10.7. The molecule has 0 aliphatic rings. The van der Waals surface area contributed by atoms with Crippen LogP contribution < -0.4 is 0 Å². The molecule has 316 valence electrons. The largest absolute Gasteiger partial charge is 0.309 e. The molecule has 68 heavy (non-hydrogen) atoms. The van der Waals surface area contributed by atoms with Crippen LogP contribution in [0.5, 0.6) is 0 Å². The molecule has 14 rings (SSSR count). The zero-order valence-corrected chi connectivity index (χ0v) is 36.8. The molecule has 0 saturated heterocycles. The van der Waals surface area contributed by atoms with Gasteiger partial charge in [-0.1, -0.05) is 188 Å². The third kappa shape index (κ3) is 5.93. The summed E-state index contributed by atoms with van der Waals surface area (Å²) in [6.07, 6.45) is 0. The normalized spacial score (nSPS) is 11.8. The molecule has 0 bridgehead atoms. The van der Waals surface area contributed by atoms with Crippen molar-refractivity contribution < 1.29 is 0 Å². The predicted octanol–water partition coefficient (Wildman–Crippen LogP) is 16.2. The van der Waals surface area contributed by atoms with E-state index in [-0.39, 0.29) is 0 Å². The van der Waals surface area contributed by atoms with E-state index in [9.17, 15) is 0 Å². The van der Waals surface area contributed by atoms with Gasteiger partial charge in [0.1, 0.15) is 0 Å². The first-order valence-corrected chi connectivity index (χ1v) is 23.1. The zero-order valence-electron chi connectivity index (χ0n) is 36.8. The molecule has 0 unspecified atom stereocenters. The van der Waals surface area contributed by atoms with Crippen molar-refractivity contribution in [3.8, 4) is 56.7 Å². The van der Waals surface area contributed by atoms with Crippen LogP contribution in [0.2, 0.25) is 0 Å². The second-order valence-corrected chi connectivity index (χ2v) is 17.6. The fourth-order valence-corrected chi connectivity index (χ4v) is 10.7. The number of hydrogen-bond donors (Lipinski definition) is 0. The number of aromatic nitrogens is 5. The van der Waals surface area contributed by atoms with Crippen molar-refractivity contribution in [2.75, 3.05) is 0 Å². The summed E-state index contributed by atoms with van der Waals surface area (Å²) < 4.78 is 4.68. The third-order valence-electron chi connectivity index (χ3n) is 13.7. The molecule has 0 N–H and O–H groups in total. The van der Waals surface area contributed by atoms with Gasteiger partial charge in [-0.25, -0.2) is 4.98 Å². The Labute approximate surface area is 391 Å². The Hall–Kier alpha value is -9.19. The smallest absolute Gasteiger partial charge is 0.238 e. The number of benzene rings is 11. The summed E-state index contributed by atoms with van der Waals surface area (Å²) in [4.78, 5) is 16.0. The molecule has 0 aliphatic carbocycles. The van der Waals surface area contributed by atoms with Crippen molar-refractivity contribution in [2.24, 2.45) is 0 Å². The van der Waals surface area contributed by atoms with Crippen molar-refractivity contribution in [3.63, 3.8) is 0 Å². The first-order chi connectivity index (χ1) is 33.7. The second kappa shape index (κ2) is 15.2. The summed E-state index contributed by atoms with van der Waals surface area (Å²) in [7, 11) is 0. The minimum absolute atomic E-state index is 0.558. The maximum absolute atomic E-state index is 5.39. The Kier molecular flexibility index (Phi) is 8.52. The van der Waals surface area contributed by atoms with Gasteiger partial charge in [0.25, 0.3) is 0 Å². The van der Waals surface area contributed by atoms with E-state index in [0.29, 0.717) is 17.6 Å². The van der Waals surface area contributed by atoms with Crippen LogP contribution in [0.25, 0.3) is 133 Å². The van der Waals surface area contributed by atoms with Crippen molar-refractivity contribution >= 4 is 75.9 Å². The maximum Gasteiger partial charge on any atom is 0.238 e. The van der Waals surface area contributed by atoms with Crippen LogP contribution in [0.3, 0.4) is 0 Å². The van der Waals surface area contributed by atoms with E-state index < -0.39 is 0 Å². The highest BCUT2D eigenvalue weighted by atomic mass is 15.2. The molecular formula is C63H39N5. The monoisotopic (exact) mass is 865 g/mol. The maximum atomic E-state index is 5.39. The molecule has 14 aromatic rings. The standard InChI is InChI=1S/C63H39N5/c1-3-17-40(18-4-1)42-21-15-23-44(37-42)61-64-62(45-24-16-22-43(38-45)41-19-5-2-6-20-41)66-63(65-61)68-56-32-14-12-30-53(56)60-58(68)36-35-57-59(60)52-29-11-13-31-55(52)67(57)46-33-34-51-49-27-8-7-25-47(49)48-26-9-10-28-50(48)54(51)39-46/h1-39H. The molecule has 5 heteroatoms. The van der Waals surface area contributed by atoms with Crippen molar-refractivity contribution in [1.82, 2.24) is 24.1 Å². The quantitative estimate of drug-likeness (QED) is 0.156. The third-order valence-corrected chi connectivity index (χ3v) is 13.7. The summed E-state index contributed by atoms with van der Waals surface area (Å²) in [6.45, 7) is 0.